The average Bonchev–Trinajstić information content (AvgIpc) is 2.80. The highest BCUT2D eigenvalue weighted by Gasteiger charge is 2.29. The van der Waals surface area contributed by atoms with Crippen molar-refractivity contribution in [3.8, 4) is 11.5 Å². The maximum atomic E-state index is 13.9. The zero-order valence-corrected chi connectivity index (χ0v) is 18.1. The molecular formula is C24H26NO4P. The van der Waals surface area contributed by atoms with Gasteiger partial charge in [0.25, 0.3) is 0 Å². The van der Waals surface area contributed by atoms with Gasteiger partial charge in [0, 0.05) is 17.2 Å². The van der Waals surface area contributed by atoms with Gasteiger partial charge >= 0.3 is 0 Å². The van der Waals surface area contributed by atoms with Crippen LogP contribution in [0.15, 0.2) is 78.9 Å². The first-order valence-corrected chi connectivity index (χ1v) is 11.6. The molecule has 3 rings (SSSR count). The molecule has 0 atom stereocenters. The fourth-order valence-electron chi connectivity index (χ4n) is 3.31. The fraction of sp³-hybridized carbons (Fsp3) is 0.208. The van der Waals surface area contributed by atoms with E-state index in [1.54, 1.807) is 14.2 Å². The van der Waals surface area contributed by atoms with Gasteiger partial charge in [-0.15, -0.1) is 0 Å². The van der Waals surface area contributed by atoms with Gasteiger partial charge in [0.15, 0.2) is 18.6 Å². The number of ether oxygens (including phenoxy) is 2. The number of nitrogens with one attached hydrogen (secondary N) is 1. The van der Waals surface area contributed by atoms with E-state index in [1.165, 1.54) is 0 Å². The van der Waals surface area contributed by atoms with Crippen LogP contribution in [0.5, 0.6) is 11.5 Å². The number of amides is 1. The van der Waals surface area contributed by atoms with Crippen LogP contribution < -0.4 is 25.4 Å². The van der Waals surface area contributed by atoms with Crippen LogP contribution in [0.2, 0.25) is 0 Å². The van der Waals surface area contributed by atoms with Crippen LogP contribution in [-0.2, 0) is 15.8 Å². The number of rotatable bonds is 9. The van der Waals surface area contributed by atoms with E-state index in [-0.39, 0.29) is 12.1 Å². The summed E-state index contributed by atoms with van der Waals surface area (Å²) in [6, 6.07) is 24.1. The molecule has 0 bridgehead atoms. The molecule has 0 saturated heterocycles. The standard InChI is InChI=1S/C24H26NO4P/c1-28-22-14-13-19(17-23(22)29-2)15-16-25-24(26)18-30(27,20-9-5-3-6-10-20)21-11-7-4-8-12-21/h3-14,17H,15-16,18H2,1-2H3,(H,25,26). The maximum absolute atomic E-state index is 13.9. The van der Waals surface area contributed by atoms with Crippen LogP contribution >= 0.6 is 7.14 Å². The van der Waals surface area contributed by atoms with Gasteiger partial charge in [0.05, 0.1) is 20.4 Å². The lowest BCUT2D eigenvalue weighted by Crippen LogP contribution is -2.32. The summed E-state index contributed by atoms with van der Waals surface area (Å²) in [6.07, 6.45) is 0.569. The second-order valence-corrected chi connectivity index (χ2v) is 9.69. The fourth-order valence-corrected chi connectivity index (χ4v) is 5.80. The van der Waals surface area contributed by atoms with E-state index in [4.69, 9.17) is 9.47 Å². The first-order chi connectivity index (χ1) is 14.6. The number of hydrogen-bond donors (Lipinski definition) is 1. The number of hydrogen-bond acceptors (Lipinski definition) is 4. The predicted octanol–water partition coefficient (Wildman–Crippen LogP) is 3.38. The smallest absolute Gasteiger partial charge is 0.228 e. The van der Waals surface area contributed by atoms with Crippen LogP contribution in [0, 0.1) is 0 Å². The van der Waals surface area contributed by atoms with Gasteiger partial charge in [0.2, 0.25) is 5.91 Å². The van der Waals surface area contributed by atoms with Gasteiger partial charge in [-0.05, 0) is 24.1 Å². The third-order valence-corrected chi connectivity index (χ3v) is 7.89. The van der Waals surface area contributed by atoms with Crippen LogP contribution in [0.3, 0.4) is 0 Å². The first kappa shape index (κ1) is 21.7. The second kappa shape index (κ2) is 10.1. The normalized spacial score (nSPS) is 11.0. The minimum Gasteiger partial charge on any atom is -0.493 e. The summed E-state index contributed by atoms with van der Waals surface area (Å²) in [7, 11) is 0.120. The molecule has 3 aromatic carbocycles. The molecule has 156 valence electrons. The van der Waals surface area contributed by atoms with Gasteiger partial charge in [-0.2, -0.15) is 0 Å². The van der Waals surface area contributed by atoms with Gasteiger partial charge in [-0.3, -0.25) is 4.79 Å². The molecule has 30 heavy (non-hydrogen) atoms. The number of carbonyl (C=O) groups excluding carboxylic acids is 1. The Kier molecular flexibility index (Phi) is 7.31. The van der Waals surface area contributed by atoms with E-state index in [0.717, 1.165) is 5.56 Å². The lowest BCUT2D eigenvalue weighted by atomic mass is 10.1. The third kappa shape index (κ3) is 5.11. The zero-order chi connectivity index (χ0) is 21.4. The quantitative estimate of drug-likeness (QED) is 0.536. The minimum absolute atomic E-state index is 0.0625. The SMILES string of the molecule is COc1ccc(CCNC(=O)CP(=O)(c2ccccc2)c2ccccc2)cc1OC. The van der Waals surface area contributed by atoms with Crippen LogP contribution in [0.25, 0.3) is 0 Å². The molecule has 0 spiro atoms. The van der Waals surface area contributed by atoms with Crippen LogP contribution in [-0.4, -0.2) is 32.8 Å². The van der Waals surface area contributed by atoms with E-state index in [0.29, 0.717) is 35.1 Å². The second-order valence-electron chi connectivity index (χ2n) is 6.86. The Morgan fingerprint density at radius 2 is 1.40 bits per heavy atom. The molecule has 0 aliphatic carbocycles. The molecule has 0 aromatic heterocycles. The summed E-state index contributed by atoms with van der Waals surface area (Å²) < 4.78 is 24.5. The predicted molar refractivity (Wildman–Crippen MR) is 121 cm³/mol. The first-order valence-electron chi connectivity index (χ1n) is 9.74. The van der Waals surface area contributed by atoms with E-state index < -0.39 is 7.14 Å². The van der Waals surface area contributed by atoms with Crippen molar-refractivity contribution in [3.05, 3.63) is 84.4 Å². The molecule has 0 radical (unpaired) electrons. The number of benzene rings is 3. The van der Waals surface area contributed by atoms with Crippen molar-refractivity contribution in [3.63, 3.8) is 0 Å². The molecular weight excluding hydrogens is 397 g/mol. The lowest BCUT2D eigenvalue weighted by molar-refractivity contribution is -0.118. The molecule has 0 heterocycles. The molecule has 5 nitrogen and oxygen atoms in total. The van der Waals surface area contributed by atoms with Crippen LogP contribution in [0.1, 0.15) is 5.56 Å². The Morgan fingerprint density at radius 3 is 1.93 bits per heavy atom. The Hall–Kier alpha value is -3.04. The summed E-state index contributed by atoms with van der Waals surface area (Å²) in [5.41, 5.74) is 1.02. The summed E-state index contributed by atoms with van der Waals surface area (Å²) >= 11 is 0. The Morgan fingerprint density at radius 1 is 0.833 bits per heavy atom. The van der Waals surface area contributed by atoms with E-state index in [9.17, 15) is 9.36 Å². The molecule has 6 heteroatoms. The Bertz CT molecular complexity index is 978. The number of methoxy groups -OCH3 is 2. The summed E-state index contributed by atoms with van der Waals surface area (Å²) in [4.78, 5) is 12.7. The van der Waals surface area contributed by atoms with Crippen molar-refractivity contribution < 1.29 is 18.8 Å². The highest BCUT2D eigenvalue weighted by molar-refractivity contribution is 7.79. The van der Waals surface area contributed by atoms with Crippen molar-refractivity contribution in [1.29, 1.82) is 0 Å². The van der Waals surface area contributed by atoms with E-state index >= 15 is 0 Å². The molecule has 3 aromatic rings. The largest absolute Gasteiger partial charge is 0.493 e. The molecule has 0 fully saturated rings. The van der Waals surface area contributed by atoms with E-state index in [2.05, 4.69) is 5.32 Å². The molecule has 1 N–H and O–H groups in total. The van der Waals surface area contributed by atoms with Crippen molar-refractivity contribution in [2.45, 2.75) is 6.42 Å². The van der Waals surface area contributed by atoms with Gasteiger partial charge in [-0.1, -0.05) is 66.7 Å². The van der Waals surface area contributed by atoms with Gasteiger partial charge in [0.1, 0.15) is 0 Å². The molecule has 0 saturated carbocycles. The molecule has 1 amide bonds. The monoisotopic (exact) mass is 423 g/mol. The van der Waals surface area contributed by atoms with Crippen molar-refractivity contribution in [1.82, 2.24) is 5.32 Å². The zero-order valence-electron chi connectivity index (χ0n) is 17.2. The summed E-state index contributed by atoms with van der Waals surface area (Å²) in [5.74, 6) is 1.09. The van der Waals surface area contributed by atoms with Crippen LogP contribution in [0.4, 0.5) is 0 Å². The Balaban J connectivity index is 1.68. The van der Waals surface area contributed by atoms with Crippen molar-refractivity contribution in [2.24, 2.45) is 0 Å². The van der Waals surface area contributed by atoms with E-state index in [1.807, 2.05) is 78.9 Å². The topological polar surface area (TPSA) is 64.6 Å². The average molecular weight is 423 g/mol. The highest BCUT2D eigenvalue weighted by atomic mass is 31.2. The molecule has 0 unspecified atom stereocenters. The number of carbonyl (C=O) groups is 1. The Labute approximate surface area is 177 Å². The minimum atomic E-state index is -3.06. The lowest BCUT2D eigenvalue weighted by Gasteiger charge is -2.19. The summed E-state index contributed by atoms with van der Waals surface area (Å²) in [5, 5.41) is 4.28. The molecule has 0 aliphatic heterocycles. The van der Waals surface area contributed by atoms with Crippen molar-refractivity contribution in [2.75, 3.05) is 26.9 Å². The van der Waals surface area contributed by atoms with Gasteiger partial charge < -0.3 is 19.4 Å². The summed E-state index contributed by atoms with van der Waals surface area (Å²) in [6.45, 7) is 0.442. The third-order valence-electron chi connectivity index (χ3n) is 4.90. The van der Waals surface area contributed by atoms with Gasteiger partial charge in [-0.25, -0.2) is 0 Å². The molecule has 0 aliphatic rings. The van der Waals surface area contributed by atoms with Crippen molar-refractivity contribution >= 4 is 23.7 Å². The highest BCUT2D eigenvalue weighted by Crippen LogP contribution is 2.42. The maximum Gasteiger partial charge on any atom is 0.228 e.